The topological polar surface area (TPSA) is 43.7 Å². The fourth-order valence-corrected chi connectivity index (χ4v) is 2.94. The van der Waals surface area contributed by atoms with Crippen molar-refractivity contribution in [3.05, 3.63) is 71.9 Å². The molecule has 3 aromatic rings. The summed E-state index contributed by atoms with van der Waals surface area (Å²) in [5, 5.41) is 1.14. The average Bonchev–Trinajstić information content (AvgIpc) is 3.16. The number of para-hydroxylation sites is 1. The van der Waals surface area contributed by atoms with Crippen molar-refractivity contribution in [1.29, 1.82) is 0 Å². The molecule has 0 N–H and O–H groups in total. The molecule has 2 aromatic carbocycles. The summed E-state index contributed by atoms with van der Waals surface area (Å²) in [6.45, 7) is 3.17. The summed E-state index contributed by atoms with van der Waals surface area (Å²) in [7, 11) is 0. The van der Waals surface area contributed by atoms with Gasteiger partial charge in [0, 0.05) is 11.8 Å². The molecule has 0 aliphatic carbocycles. The standard InChI is InChI=1S/C21H20N2O2/c1-2-21-22-13-20(25-21)16-7-5-8-18(12-16)24-14-17-11-10-15-6-3-4-9-19(15)23-17/h3-12,20H,2,13-14H2,1H3. The maximum absolute atomic E-state index is 5.94. The van der Waals surface area contributed by atoms with Gasteiger partial charge < -0.3 is 9.47 Å². The first kappa shape index (κ1) is 15.6. The number of ether oxygens (including phenoxy) is 2. The highest BCUT2D eigenvalue weighted by Crippen LogP contribution is 2.27. The van der Waals surface area contributed by atoms with Gasteiger partial charge in [-0.05, 0) is 29.8 Å². The van der Waals surface area contributed by atoms with Crippen LogP contribution in [0.3, 0.4) is 0 Å². The van der Waals surface area contributed by atoms with Gasteiger partial charge in [0.1, 0.15) is 18.5 Å². The molecule has 0 fully saturated rings. The Kier molecular flexibility index (Phi) is 4.34. The van der Waals surface area contributed by atoms with Gasteiger partial charge in [-0.15, -0.1) is 0 Å². The number of nitrogens with zero attached hydrogens (tertiary/aromatic N) is 2. The third-order valence-electron chi connectivity index (χ3n) is 4.29. The number of rotatable bonds is 5. The molecule has 0 bridgehead atoms. The molecule has 0 amide bonds. The van der Waals surface area contributed by atoms with E-state index in [1.165, 1.54) is 0 Å². The lowest BCUT2D eigenvalue weighted by Gasteiger charge is -2.13. The van der Waals surface area contributed by atoms with Crippen LogP contribution in [-0.2, 0) is 11.3 Å². The maximum Gasteiger partial charge on any atom is 0.183 e. The van der Waals surface area contributed by atoms with E-state index in [0.717, 1.165) is 40.2 Å². The van der Waals surface area contributed by atoms with Crippen LogP contribution < -0.4 is 4.74 Å². The molecule has 0 spiro atoms. The van der Waals surface area contributed by atoms with Crippen LogP contribution in [0.4, 0.5) is 0 Å². The fraction of sp³-hybridized carbons (Fsp3) is 0.238. The van der Waals surface area contributed by atoms with Crippen molar-refractivity contribution in [3.63, 3.8) is 0 Å². The Hall–Kier alpha value is -2.88. The highest BCUT2D eigenvalue weighted by Gasteiger charge is 2.20. The number of benzene rings is 2. The summed E-state index contributed by atoms with van der Waals surface area (Å²) in [4.78, 5) is 9.05. The molecule has 1 aliphatic heterocycles. The second-order valence-corrected chi connectivity index (χ2v) is 6.05. The molecule has 4 heteroatoms. The van der Waals surface area contributed by atoms with Crippen molar-refractivity contribution in [2.75, 3.05) is 6.54 Å². The summed E-state index contributed by atoms with van der Waals surface area (Å²) >= 11 is 0. The zero-order valence-electron chi connectivity index (χ0n) is 14.2. The van der Waals surface area contributed by atoms with Crippen molar-refractivity contribution < 1.29 is 9.47 Å². The molecule has 25 heavy (non-hydrogen) atoms. The molecule has 1 aromatic heterocycles. The molecular formula is C21H20N2O2. The smallest absolute Gasteiger partial charge is 0.183 e. The Labute approximate surface area is 147 Å². The average molecular weight is 332 g/mol. The minimum Gasteiger partial charge on any atom is -0.487 e. The van der Waals surface area contributed by atoms with E-state index in [-0.39, 0.29) is 6.10 Å². The molecule has 4 rings (SSSR count). The van der Waals surface area contributed by atoms with Gasteiger partial charge in [0.2, 0.25) is 0 Å². The number of hydrogen-bond donors (Lipinski definition) is 0. The molecule has 2 heterocycles. The lowest BCUT2D eigenvalue weighted by molar-refractivity contribution is 0.223. The molecule has 126 valence electrons. The Balaban J connectivity index is 1.45. The summed E-state index contributed by atoms with van der Waals surface area (Å²) < 4.78 is 11.8. The van der Waals surface area contributed by atoms with Gasteiger partial charge in [-0.3, -0.25) is 4.99 Å². The Morgan fingerprint density at radius 1 is 1.08 bits per heavy atom. The molecule has 0 radical (unpaired) electrons. The Morgan fingerprint density at radius 3 is 2.88 bits per heavy atom. The first-order valence-corrected chi connectivity index (χ1v) is 8.59. The second kappa shape index (κ2) is 6.93. The quantitative estimate of drug-likeness (QED) is 0.680. The minimum atomic E-state index is -0.00251. The minimum absolute atomic E-state index is 0.00251. The highest BCUT2D eigenvalue weighted by molar-refractivity contribution is 5.78. The Bertz CT molecular complexity index is 920. The van der Waals surface area contributed by atoms with E-state index in [4.69, 9.17) is 9.47 Å². The van der Waals surface area contributed by atoms with E-state index in [1.807, 2.05) is 42.5 Å². The first-order chi connectivity index (χ1) is 12.3. The largest absolute Gasteiger partial charge is 0.487 e. The van der Waals surface area contributed by atoms with Gasteiger partial charge in [0.05, 0.1) is 17.8 Å². The van der Waals surface area contributed by atoms with Crippen LogP contribution in [0.2, 0.25) is 0 Å². The van der Waals surface area contributed by atoms with Crippen LogP contribution in [-0.4, -0.2) is 17.4 Å². The number of aromatic nitrogens is 1. The van der Waals surface area contributed by atoms with E-state index in [9.17, 15) is 0 Å². The summed E-state index contributed by atoms with van der Waals surface area (Å²) in [5.41, 5.74) is 3.00. The number of aliphatic imine (C=N–C) groups is 1. The van der Waals surface area contributed by atoms with E-state index in [2.05, 4.69) is 35.1 Å². The van der Waals surface area contributed by atoms with E-state index >= 15 is 0 Å². The van der Waals surface area contributed by atoms with Gasteiger partial charge in [0.25, 0.3) is 0 Å². The molecular weight excluding hydrogens is 312 g/mol. The molecule has 1 unspecified atom stereocenters. The van der Waals surface area contributed by atoms with Crippen molar-refractivity contribution in [3.8, 4) is 5.75 Å². The fourth-order valence-electron chi connectivity index (χ4n) is 2.94. The third kappa shape index (κ3) is 3.48. The Morgan fingerprint density at radius 2 is 2.00 bits per heavy atom. The van der Waals surface area contributed by atoms with Crippen molar-refractivity contribution in [2.45, 2.75) is 26.1 Å². The summed E-state index contributed by atoms with van der Waals surface area (Å²) in [5.74, 6) is 1.65. The van der Waals surface area contributed by atoms with E-state index in [0.29, 0.717) is 13.2 Å². The lowest BCUT2D eigenvalue weighted by atomic mass is 10.1. The van der Waals surface area contributed by atoms with Crippen LogP contribution in [0.1, 0.15) is 30.7 Å². The molecule has 0 saturated carbocycles. The van der Waals surface area contributed by atoms with Crippen molar-refractivity contribution in [2.24, 2.45) is 4.99 Å². The zero-order valence-corrected chi connectivity index (χ0v) is 14.2. The monoisotopic (exact) mass is 332 g/mol. The van der Waals surface area contributed by atoms with Gasteiger partial charge in [-0.2, -0.15) is 0 Å². The first-order valence-electron chi connectivity index (χ1n) is 8.59. The van der Waals surface area contributed by atoms with Crippen LogP contribution in [0.5, 0.6) is 5.75 Å². The highest BCUT2D eigenvalue weighted by atomic mass is 16.5. The SMILES string of the molecule is CCC1=NCC(c2cccc(OCc3ccc4ccccc4n3)c2)O1. The number of hydrogen-bond acceptors (Lipinski definition) is 4. The number of pyridine rings is 1. The molecule has 1 aliphatic rings. The van der Waals surface area contributed by atoms with Crippen LogP contribution >= 0.6 is 0 Å². The lowest BCUT2D eigenvalue weighted by Crippen LogP contribution is -2.05. The van der Waals surface area contributed by atoms with Crippen LogP contribution in [0, 0.1) is 0 Å². The van der Waals surface area contributed by atoms with E-state index in [1.54, 1.807) is 0 Å². The summed E-state index contributed by atoms with van der Waals surface area (Å²) in [6, 6.07) is 20.2. The normalized spacial score (nSPS) is 16.5. The molecule has 4 nitrogen and oxygen atoms in total. The third-order valence-corrected chi connectivity index (χ3v) is 4.29. The van der Waals surface area contributed by atoms with Gasteiger partial charge >= 0.3 is 0 Å². The predicted molar refractivity (Wildman–Crippen MR) is 98.9 cm³/mol. The van der Waals surface area contributed by atoms with Crippen LogP contribution in [0.15, 0.2) is 65.7 Å². The predicted octanol–water partition coefficient (Wildman–Crippen LogP) is 4.69. The number of fused-ring (bicyclic) bond motifs is 1. The molecule has 0 saturated heterocycles. The van der Waals surface area contributed by atoms with Crippen molar-refractivity contribution >= 4 is 16.8 Å². The van der Waals surface area contributed by atoms with Crippen LogP contribution in [0.25, 0.3) is 10.9 Å². The van der Waals surface area contributed by atoms with Gasteiger partial charge in [-0.25, -0.2) is 4.98 Å². The van der Waals surface area contributed by atoms with Gasteiger partial charge in [0.15, 0.2) is 5.90 Å². The molecule has 1 atom stereocenters. The maximum atomic E-state index is 5.94. The summed E-state index contributed by atoms with van der Waals surface area (Å²) in [6.07, 6.45) is 0.831. The van der Waals surface area contributed by atoms with Crippen molar-refractivity contribution in [1.82, 2.24) is 4.98 Å². The zero-order chi connectivity index (χ0) is 17.1. The second-order valence-electron chi connectivity index (χ2n) is 6.05. The van der Waals surface area contributed by atoms with Gasteiger partial charge in [-0.1, -0.05) is 43.3 Å². The van der Waals surface area contributed by atoms with E-state index < -0.39 is 0 Å².